The Balaban J connectivity index is 1.19. The molecule has 0 radical (unpaired) electrons. The van der Waals surface area contributed by atoms with Gasteiger partial charge in [-0.15, -0.1) is 5.10 Å². The van der Waals surface area contributed by atoms with Gasteiger partial charge in [0.25, 0.3) is 5.89 Å². The van der Waals surface area contributed by atoms with Crippen molar-refractivity contribution in [1.82, 2.24) is 30.0 Å². The summed E-state index contributed by atoms with van der Waals surface area (Å²) in [5, 5.41) is 12.5. The van der Waals surface area contributed by atoms with Crippen LogP contribution < -0.4 is 4.74 Å². The molecule has 1 saturated carbocycles. The van der Waals surface area contributed by atoms with E-state index in [2.05, 4.69) is 20.5 Å². The predicted octanol–water partition coefficient (Wildman–Crippen LogP) is 2.62. The average Bonchev–Trinajstić information content (AvgIpc) is 3.17. The van der Waals surface area contributed by atoms with Crippen LogP contribution in [0.1, 0.15) is 49.5 Å². The normalized spacial score (nSPS) is 18.7. The van der Waals surface area contributed by atoms with Crippen molar-refractivity contribution in [3.63, 3.8) is 0 Å². The van der Waals surface area contributed by atoms with Crippen LogP contribution in [0.3, 0.4) is 0 Å². The smallest absolute Gasteiger partial charge is 0.280 e. The number of likely N-dealkylation sites (tertiary alicyclic amines) is 1. The summed E-state index contributed by atoms with van der Waals surface area (Å²) in [6.07, 6.45) is 5.29. The molecule has 1 aliphatic heterocycles. The monoisotopic (exact) mass is 408 g/mol. The number of nitrogens with zero attached hydrogens (tertiary/aromatic N) is 6. The van der Waals surface area contributed by atoms with Crippen LogP contribution >= 0.6 is 0 Å². The van der Waals surface area contributed by atoms with Gasteiger partial charge in [0.2, 0.25) is 5.91 Å². The van der Waals surface area contributed by atoms with Crippen molar-refractivity contribution in [1.29, 1.82) is 0 Å². The second-order valence-electron chi connectivity index (χ2n) is 7.85. The molecule has 5 rings (SSSR count). The van der Waals surface area contributed by atoms with Gasteiger partial charge < -0.3 is 14.2 Å². The summed E-state index contributed by atoms with van der Waals surface area (Å²) in [5.41, 5.74) is 1.56. The topological polar surface area (TPSA) is 99.2 Å². The third-order valence-corrected chi connectivity index (χ3v) is 5.59. The van der Waals surface area contributed by atoms with Crippen molar-refractivity contribution in [2.45, 2.75) is 44.6 Å². The van der Waals surface area contributed by atoms with Crippen LogP contribution in [0.4, 0.5) is 0 Å². The van der Waals surface area contributed by atoms with Crippen LogP contribution in [-0.2, 0) is 11.2 Å². The number of hydrogen-bond donors (Lipinski definition) is 0. The van der Waals surface area contributed by atoms with E-state index in [0.29, 0.717) is 43.6 Å². The standard InChI is InChI=1S/C21H24N6O3/c1-2-29-17-7-3-14(4-8-17)11-19(28)26-10-9-16(12-26)27-13-18(23-25-27)21-22-20(24-30-21)15-5-6-15/h3-4,7-8,13,15-16H,2,5-6,9-12H2,1H3. The van der Waals surface area contributed by atoms with E-state index in [9.17, 15) is 4.79 Å². The Morgan fingerprint density at radius 2 is 2.07 bits per heavy atom. The van der Waals surface area contributed by atoms with Gasteiger partial charge in [0.05, 0.1) is 25.3 Å². The van der Waals surface area contributed by atoms with E-state index in [0.717, 1.165) is 36.4 Å². The van der Waals surface area contributed by atoms with Crippen molar-refractivity contribution in [3.05, 3.63) is 41.9 Å². The molecular weight excluding hydrogens is 384 g/mol. The first-order chi connectivity index (χ1) is 14.7. The Labute approximate surface area is 174 Å². The lowest BCUT2D eigenvalue weighted by atomic mass is 10.1. The minimum atomic E-state index is 0.0985. The van der Waals surface area contributed by atoms with Gasteiger partial charge >= 0.3 is 0 Å². The lowest BCUT2D eigenvalue weighted by Gasteiger charge is -2.16. The highest BCUT2D eigenvalue weighted by atomic mass is 16.5. The number of rotatable bonds is 7. The summed E-state index contributed by atoms with van der Waals surface area (Å²) in [6.45, 7) is 3.91. The van der Waals surface area contributed by atoms with E-state index in [4.69, 9.17) is 9.26 Å². The fraction of sp³-hybridized carbons (Fsp3) is 0.476. The van der Waals surface area contributed by atoms with Crippen LogP contribution in [0.15, 0.2) is 35.0 Å². The molecule has 30 heavy (non-hydrogen) atoms. The zero-order valence-electron chi connectivity index (χ0n) is 16.9. The fourth-order valence-electron chi connectivity index (χ4n) is 3.74. The molecule has 2 fully saturated rings. The zero-order chi connectivity index (χ0) is 20.5. The molecule has 0 bridgehead atoms. The van der Waals surface area contributed by atoms with Gasteiger partial charge in [-0.3, -0.25) is 4.79 Å². The van der Waals surface area contributed by atoms with Crippen molar-refractivity contribution < 1.29 is 14.1 Å². The molecule has 1 saturated heterocycles. The molecule has 9 nitrogen and oxygen atoms in total. The van der Waals surface area contributed by atoms with Gasteiger partial charge in [-0.25, -0.2) is 4.68 Å². The highest BCUT2D eigenvalue weighted by Crippen LogP contribution is 2.38. The van der Waals surface area contributed by atoms with Gasteiger partial charge in [-0.05, 0) is 43.9 Å². The fourth-order valence-corrected chi connectivity index (χ4v) is 3.74. The number of carbonyl (C=O) groups excluding carboxylic acids is 1. The molecule has 2 aliphatic rings. The summed E-state index contributed by atoms with van der Waals surface area (Å²) >= 11 is 0. The van der Waals surface area contributed by atoms with E-state index < -0.39 is 0 Å². The quantitative estimate of drug-likeness (QED) is 0.592. The minimum absolute atomic E-state index is 0.0985. The minimum Gasteiger partial charge on any atom is -0.494 e. The maximum absolute atomic E-state index is 12.7. The SMILES string of the molecule is CCOc1ccc(CC(=O)N2CCC(n3cc(-c4nc(C5CC5)no4)nn3)C2)cc1. The maximum atomic E-state index is 12.7. The first-order valence-electron chi connectivity index (χ1n) is 10.4. The second kappa shape index (κ2) is 7.89. The molecule has 0 spiro atoms. The van der Waals surface area contributed by atoms with Gasteiger partial charge in [0.15, 0.2) is 11.5 Å². The van der Waals surface area contributed by atoms with Crippen LogP contribution in [0.5, 0.6) is 5.75 Å². The van der Waals surface area contributed by atoms with Crippen molar-refractivity contribution in [3.8, 4) is 17.3 Å². The second-order valence-corrected chi connectivity index (χ2v) is 7.85. The van der Waals surface area contributed by atoms with Gasteiger partial charge in [-0.1, -0.05) is 22.5 Å². The molecule has 1 aromatic carbocycles. The molecule has 2 aromatic heterocycles. The summed E-state index contributed by atoms with van der Waals surface area (Å²) < 4.78 is 12.6. The van der Waals surface area contributed by atoms with E-state index in [-0.39, 0.29) is 11.9 Å². The third-order valence-electron chi connectivity index (χ3n) is 5.59. The van der Waals surface area contributed by atoms with Gasteiger partial charge in [0, 0.05) is 19.0 Å². The number of ether oxygens (including phenoxy) is 1. The van der Waals surface area contributed by atoms with Crippen molar-refractivity contribution >= 4 is 5.91 Å². The maximum Gasteiger partial charge on any atom is 0.280 e. The Bertz CT molecular complexity index is 1020. The van der Waals surface area contributed by atoms with E-state index in [1.165, 1.54) is 0 Å². The van der Waals surface area contributed by atoms with Gasteiger partial charge in [-0.2, -0.15) is 4.98 Å². The lowest BCUT2D eigenvalue weighted by Crippen LogP contribution is -2.30. The molecule has 1 atom stereocenters. The van der Waals surface area contributed by atoms with Crippen molar-refractivity contribution in [2.75, 3.05) is 19.7 Å². The van der Waals surface area contributed by atoms with Crippen LogP contribution in [0.25, 0.3) is 11.6 Å². The van der Waals surface area contributed by atoms with E-state index in [1.54, 1.807) is 4.68 Å². The lowest BCUT2D eigenvalue weighted by molar-refractivity contribution is -0.129. The average molecular weight is 408 g/mol. The number of carbonyl (C=O) groups is 1. The van der Waals surface area contributed by atoms with Crippen LogP contribution in [0, 0.1) is 0 Å². The summed E-state index contributed by atoms with van der Waals surface area (Å²) in [6, 6.07) is 7.80. The molecule has 1 aliphatic carbocycles. The highest BCUT2D eigenvalue weighted by molar-refractivity contribution is 5.79. The highest BCUT2D eigenvalue weighted by Gasteiger charge is 2.31. The van der Waals surface area contributed by atoms with Crippen LogP contribution in [0.2, 0.25) is 0 Å². The summed E-state index contributed by atoms with van der Waals surface area (Å²) in [5.74, 6) is 2.54. The first kappa shape index (κ1) is 18.8. The van der Waals surface area contributed by atoms with Gasteiger partial charge in [0.1, 0.15) is 5.75 Å². The Morgan fingerprint density at radius 3 is 2.83 bits per heavy atom. The number of benzene rings is 1. The molecular formula is C21H24N6O3. The Kier molecular flexibility index (Phi) is 4.94. The molecule has 0 N–H and O–H groups in total. The van der Waals surface area contributed by atoms with Crippen LogP contribution in [-0.4, -0.2) is 55.6 Å². The molecule has 1 unspecified atom stereocenters. The Morgan fingerprint density at radius 1 is 1.23 bits per heavy atom. The molecule has 9 heteroatoms. The predicted molar refractivity (Wildman–Crippen MR) is 107 cm³/mol. The molecule has 3 heterocycles. The molecule has 156 valence electrons. The first-order valence-corrected chi connectivity index (χ1v) is 10.4. The largest absolute Gasteiger partial charge is 0.494 e. The van der Waals surface area contributed by atoms with E-state index in [1.807, 2.05) is 42.3 Å². The molecule has 3 aromatic rings. The Hall–Kier alpha value is -3.23. The summed E-state index contributed by atoms with van der Waals surface area (Å²) in [7, 11) is 0. The number of aromatic nitrogens is 5. The third kappa shape index (κ3) is 3.92. The molecule has 1 amide bonds. The zero-order valence-corrected chi connectivity index (χ0v) is 16.9. The summed E-state index contributed by atoms with van der Waals surface area (Å²) in [4.78, 5) is 19.0. The van der Waals surface area contributed by atoms with E-state index >= 15 is 0 Å². The van der Waals surface area contributed by atoms with Crippen molar-refractivity contribution in [2.24, 2.45) is 0 Å². The number of hydrogen-bond acceptors (Lipinski definition) is 7. The number of amides is 1.